The first-order valence-electron chi connectivity index (χ1n) is 5.90. The van der Waals surface area contributed by atoms with Gasteiger partial charge in [-0.2, -0.15) is 0 Å². The second-order valence-electron chi connectivity index (χ2n) is 6.72. The molecule has 0 aromatic carbocycles. The molecule has 15 heavy (non-hydrogen) atoms. The van der Waals surface area contributed by atoms with Crippen molar-refractivity contribution in [2.75, 3.05) is 0 Å². The summed E-state index contributed by atoms with van der Waals surface area (Å²) in [7, 11) is -2.85. The maximum Gasteiger partial charge on any atom is 0.187 e. The molecule has 0 aromatic rings. The maximum atomic E-state index is 6.26. The first kappa shape index (κ1) is 13.4. The summed E-state index contributed by atoms with van der Waals surface area (Å²) in [5.74, 6) is 0. The van der Waals surface area contributed by atoms with Crippen LogP contribution in [0, 0.1) is 0 Å². The van der Waals surface area contributed by atoms with Gasteiger partial charge in [-0.05, 0) is 59.0 Å². The second-order valence-corrected chi connectivity index (χ2v) is 15.4. The number of rotatable bonds is 2. The van der Waals surface area contributed by atoms with Crippen LogP contribution in [0.25, 0.3) is 0 Å². The van der Waals surface area contributed by atoms with Crippen molar-refractivity contribution in [3.63, 3.8) is 0 Å². The van der Waals surface area contributed by atoms with Crippen LogP contribution >= 0.6 is 0 Å². The molecule has 0 amide bonds. The van der Waals surface area contributed by atoms with Gasteiger partial charge in [-0.15, -0.1) is 0 Å². The van der Waals surface area contributed by atoms with Crippen LogP contribution in [-0.2, 0) is 8.85 Å². The van der Waals surface area contributed by atoms with Crippen LogP contribution < -0.4 is 0 Å². The van der Waals surface area contributed by atoms with Crippen molar-refractivity contribution >= 4 is 16.6 Å². The Labute approximate surface area is 96.6 Å². The van der Waals surface area contributed by atoms with E-state index >= 15 is 0 Å². The van der Waals surface area contributed by atoms with Gasteiger partial charge >= 0.3 is 0 Å². The van der Waals surface area contributed by atoms with E-state index in [0.717, 1.165) is 0 Å². The van der Waals surface area contributed by atoms with E-state index in [0.29, 0.717) is 6.10 Å². The Hall–Kier alpha value is 0.354. The molecule has 2 nitrogen and oxygen atoms in total. The summed E-state index contributed by atoms with van der Waals surface area (Å²) in [5, 5.41) is 0. The van der Waals surface area contributed by atoms with Crippen LogP contribution in [0.3, 0.4) is 0 Å². The molecule has 1 aliphatic rings. The Morgan fingerprint density at radius 3 is 2.20 bits per heavy atom. The molecule has 0 bridgehead atoms. The Morgan fingerprint density at radius 1 is 1.27 bits per heavy atom. The summed E-state index contributed by atoms with van der Waals surface area (Å²) in [5.41, 5.74) is -0.0890. The molecule has 90 valence electrons. The van der Waals surface area contributed by atoms with Gasteiger partial charge in [0, 0.05) is 0 Å². The zero-order chi connectivity index (χ0) is 11.9. The highest BCUT2D eigenvalue weighted by molar-refractivity contribution is 6.71. The van der Waals surface area contributed by atoms with Crippen molar-refractivity contribution < 1.29 is 8.85 Å². The van der Waals surface area contributed by atoms with Gasteiger partial charge in [0.1, 0.15) is 0 Å². The number of hydrogen-bond donors (Lipinski definition) is 0. The molecule has 0 saturated carbocycles. The zero-order valence-electron chi connectivity index (χ0n) is 11.3. The fourth-order valence-electron chi connectivity index (χ4n) is 2.28. The van der Waals surface area contributed by atoms with Crippen LogP contribution in [0.15, 0.2) is 0 Å². The third kappa shape index (κ3) is 4.02. The summed E-state index contributed by atoms with van der Waals surface area (Å²) in [4.78, 5) is 0. The predicted molar refractivity (Wildman–Crippen MR) is 70.3 cm³/mol. The molecule has 0 N–H and O–H groups in total. The fraction of sp³-hybridized carbons (Fsp3) is 1.00. The van der Waals surface area contributed by atoms with Crippen molar-refractivity contribution in [1.82, 2.24) is 0 Å². The summed E-state index contributed by atoms with van der Waals surface area (Å²) in [6.45, 7) is 15.7. The van der Waals surface area contributed by atoms with Gasteiger partial charge in [-0.3, -0.25) is 0 Å². The van der Waals surface area contributed by atoms with E-state index < -0.39 is 16.6 Å². The van der Waals surface area contributed by atoms with Crippen LogP contribution in [0.5, 0.6) is 0 Å². The molecular weight excluding hydrogens is 220 g/mol. The molecule has 1 atom stereocenters. The summed E-state index contributed by atoms with van der Waals surface area (Å²) in [6.07, 6.45) is 1.47. The lowest BCUT2D eigenvalue weighted by Gasteiger charge is -2.47. The molecule has 1 saturated heterocycles. The SMILES string of the molecule is CC1(C)O[Si](C)(C)CCC1O[Si](C)(C)C. The van der Waals surface area contributed by atoms with Gasteiger partial charge < -0.3 is 8.85 Å². The van der Waals surface area contributed by atoms with E-state index in [9.17, 15) is 0 Å². The third-order valence-corrected chi connectivity index (χ3v) is 6.38. The predicted octanol–water partition coefficient (Wildman–Crippen LogP) is 3.61. The monoisotopic (exact) mass is 246 g/mol. The van der Waals surface area contributed by atoms with Gasteiger partial charge in [0.2, 0.25) is 0 Å². The minimum Gasteiger partial charge on any atom is -0.412 e. The molecule has 1 rings (SSSR count). The van der Waals surface area contributed by atoms with Gasteiger partial charge in [-0.25, -0.2) is 0 Å². The van der Waals surface area contributed by atoms with Gasteiger partial charge in [-0.1, -0.05) is 0 Å². The van der Waals surface area contributed by atoms with E-state index in [4.69, 9.17) is 8.85 Å². The second kappa shape index (κ2) is 3.98. The van der Waals surface area contributed by atoms with E-state index in [2.05, 4.69) is 46.6 Å². The highest BCUT2D eigenvalue weighted by atomic mass is 28.4. The minimum absolute atomic E-state index is 0.0890. The Morgan fingerprint density at radius 2 is 1.80 bits per heavy atom. The first-order valence-corrected chi connectivity index (χ1v) is 12.4. The lowest BCUT2D eigenvalue weighted by Crippen LogP contribution is -2.56. The summed E-state index contributed by atoms with van der Waals surface area (Å²) >= 11 is 0. The van der Waals surface area contributed by atoms with Crippen LogP contribution in [0.1, 0.15) is 20.3 Å². The average molecular weight is 246 g/mol. The Bertz CT molecular complexity index is 231. The van der Waals surface area contributed by atoms with Gasteiger partial charge in [0.05, 0.1) is 11.7 Å². The highest BCUT2D eigenvalue weighted by Gasteiger charge is 2.44. The molecule has 1 aliphatic heterocycles. The van der Waals surface area contributed by atoms with E-state index in [1.165, 1.54) is 12.5 Å². The van der Waals surface area contributed by atoms with E-state index in [1.807, 2.05) is 0 Å². The van der Waals surface area contributed by atoms with Crippen molar-refractivity contribution in [3.05, 3.63) is 0 Å². The fourth-order valence-corrected chi connectivity index (χ4v) is 6.15. The summed E-state index contributed by atoms with van der Waals surface area (Å²) < 4.78 is 12.5. The van der Waals surface area contributed by atoms with Crippen molar-refractivity contribution in [3.8, 4) is 0 Å². The molecule has 1 heterocycles. The molecule has 0 aromatic heterocycles. The van der Waals surface area contributed by atoms with Crippen LogP contribution in [-0.4, -0.2) is 28.3 Å². The topological polar surface area (TPSA) is 18.5 Å². The quantitative estimate of drug-likeness (QED) is 0.693. The van der Waals surface area contributed by atoms with E-state index in [-0.39, 0.29) is 5.60 Å². The standard InChI is InChI=1S/C11H26O2Si2/c1-11(2)10(12-14(3,4)5)8-9-15(6,7)13-11/h10H,8-9H2,1-7H3. The molecule has 0 spiro atoms. The van der Waals surface area contributed by atoms with E-state index in [1.54, 1.807) is 0 Å². The number of hydrogen-bond acceptors (Lipinski definition) is 2. The largest absolute Gasteiger partial charge is 0.412 e. The average Bonchev–Trinajstić information content (AvgIpc) is 1.90. The van der Waals surface area contributed by atoms with Gasteiger partial charge in [0.15, 0.2) is 16.6 Å². The lowest BCUT2D eigenvalue weighted by molar-refractivity contribution is -0.0412. The summed E-state index contributed by atoms with van der Waals surface area (Å²) in [6, 6.07) is 1.23. The molecule has 0 aliphatic carbocycles. The molecule has 1 unspecified atom stereocenters. The van der Waals surface area contributed by atoms with Crippen LogP contribution in [0.2, 0.25) is 38.8 Å². The molecule has 1 fully saturated rings. The minimum atomic E-state index is -1.44. The Balaban J connectivity index is 2.69. The molecular formula is C11H26O2Si2. The third-order valence-electron chi connectivity index (χ3n) is 2.82. The first-order chi connectivity index (χ1) is 6.52. The smallest absolute Gasteiger partial charge is 0.187 e. The molecule has 0 radical (unpaired) electrons. The van der Waals surface area contributed by atoms with Gasteiger partial charge in [0.25, 0.3) is 0 Å². The Kier molecular flexibility index (Phi) is 3.56. The van der Waals surface area contributed by atoms with Crippen LogP contribution in [0.4, 0.5) is 0 Å². The van der Waals surface area contributed by atoms with Crippen molar-refractivity contribution in [1.29, 1.82) is 0 Å². The van der Waals surface area contributed by atoms with Crippen molar-refractivity contribution in [2.45, 2.75) is 70.8 Å². The lowest BCUT2D eigenvalue weighted by atomic mass is 10.00. The zero-order valence-corrected chi connectivity index (χ0v) is 13.3. The molecule has 4 heteroatoms. The maximum absolute atomic E-state index is 6.26. The normalized spacial score (nSPS) is 30.2. The highest BCUT2D eigenvalue weighted by Crippen LogP contribution is 2.36. The van der Waals surface area contributed by atoms with Crippen molar-refractivity contribution in [2.24, 2.45) is 0 Å².